The molecule has 0 fully saturated rings. The first kappa shape index (κ1) is 19.4. The highest BCUT2D eigenvalue weighted by molar-refractivity contribution is 5.90. The maximum atomic E-state index is 13.8. The summed E-state index contributed by atoms with van der Waals surface area (Å²) in [5.41, 5.74) is 1.88. The number of carbonyl (C=O) groups is 1. The number of esters is 1. The fourth-order valence-corrected chi connectivity index (χ4v) is 2.84. The predicted molar refractivity (Wildman–Crippen MR) is 104 cm³/mol. The topological polar surface area (TPSA) is 95.9 Å². The highest BCUT2D eigenvalue weighted by Crippen LogP contribution is 2.24. The van der Waals surface area contributed by atoms with Gasteiger partial charge >= 0.3 is 5.97 Å². The molecule has 0 spiro atoms. The van der Waals surface area contributed by atoms with Crippen molar-refractivity contribution in [1.29, 1.82) is 0 Å². The second-order valence-electron chi connectivity index (χ2n) is 6.71. The molecule has 0 bridgehead atoms. The summed E-state index contributed by atoms with van der Waals surface area (Å²) in [6.07, 6.45) is 2.27. The lowest BCUT2D eigenvalue weighted by Crippen LogP contribution is -2.11. The molecular formula is C21H18FN5O3. The zero-order valence-corrected chi connectivity index (χ0v) is 16.5. The van der Waals surface area contributed by atoms with E-state index in [0.29, 0.717) is 28.2 Å². The molecule has 1 unspecified atom stereocenters. The molecular weight excluding hydrogens is 389 g/mol. The normalized spacial score (nSPS) is 12.0. The van der Waals surface area contributed by atoms with Crippen molar-refractivity contribution in [3.63, 3.8) is 0 Å². The zero-order chi connectivity index (χ0) is 21.3. The van der Waals surface area contributed by atoms with E-state index in [1.165, 1.54) is 12.3 Å². The molecule has 0 N–H and O–H groups in total. The lowest BCUT2D eigenvalue weighted by atomic mass is 10.1. The molecule has 8 nitrogen and oxygen atoms in total. The highest BCUT2D eigenvalue weighted by atomic mass is 19.1. The van der Waals surface area contributed by atoms with E-state index in [1.807, 2.05) is 6.07 Å². The van der Waals surface area contributed by atoms with E-state index in [2.05, 4.69) is 20.2 Å². The van der Waals surface area contributed by atoms with E-state index in [0.717, 1.165) is 0 Å². The summed E-state index contributed by atoms with van der Waals surface area (Å²) in [4.78, 5) is 21.1. The third-order valence-electron chi connectivity index (χ3n) is 4.60. The van der Waals surface area contributed by atoms with Crippen LogP contribution in [0.5, 0.6) is 0 Å². The van der Waals surface area contributed by atoms with Crippen LogP contribution in [0.4, 0.5) is 4.39 Å². The molecule has 0 saturated heterocycles. The summed E-state index contributed by atoms with van der Waals surface area (Å²) in [6.45, 7) is 5.03. The first-order valence-electron chi connectivity index (χ1n) is 9.21. The first-order chi connectivity index (χ1) is 14.4. The molecule has 0 radical (unpaired) electrons. The van der Waals surface area contributed by atoms with Crippen LogP contribution in [0, 0.1) is 19.7 Å². The van der Waals surface area contributed by atoms with Gasteiger partial charge in [0.05, 0.1) is 11.9 Å². The van der Waals surface area contributed by atoms with Gasteiger partial charge in [0.1, 0.15) is 11.4 Å². The summed E-state index contributed by atoms with van der Waals surface area (Å²) in [6, 6.07) is 10.1. The van der Waals surface area contributed by atoms with Crippen LogP contribution < -0.4 is 0 Å². The van der Waals surface area contributed by atoms with E-state index in [4.69, 9.17) is 9.26 Å². The van der Waals surface area contributed by atoms with Crippen LogP contribution in [0.15, 0.2) is 53.3 Å². The van der Waals surface area contributed by atoms with Crippen molar-refractivity contribution in [1.82, 2.24) is 24.9 Å². The van der Waals surface area contributed by atoms with E-state index in [9.17, 15) is 9.18 Å². The number of aryl methyl sites for hydroxylation is 1. The summed E-state index contributed by atoms with van der Waals surface area (Å²) >= 11 is 0. The second-order valence-corrected chi connectivity index (χ2v) is 6.71. The molecule has 0 aliphatic heterocycles. The molecule has 0 amide bonds. The Balaban J connectivity index is 1.50. The van der Waals surface area contributed by atoms with E-state index < -0.39 is 12.1 Å². The van der Waals surface area contributed by atoms with E-state index in [1.54, 1.807) is 55.9 Å². The molecule has 152 valence electrons. The van der Waals surface area contributed by atoms with Crippen LogP contribution in [0.25, 0.3) is 17.2 Å². The molecule has 0 aliphatic carbocycles. The van der Waals surface area contributed by atoms with Crippen molar-refractivity contribution in [2.45, 2.75) is 26.9 Å². The molecule has 4 rings (SSSR count). The number of ether oxygens (including phenoxy) is 1. The minimum absolute atomic E-state index is 0.106. The molecule has 1 atom stereocenters. The number of carbonyl (C=O) groups excluding carboxylic acids is 1. The number of pyridine rings is 1. The highest BCUT2D eigenvalue weighted by Gasteiger charge is 2.23. The average molecular weight is 407 g/mol. The maximum absolute atomic E-state index is 13.8. The van der Waals surface area contributed by atoms with Gasteiger partial charge in [-0.1, -0.05) is 23.4 Å². The SMILES string of the molecule is Cc1ccc(-c2noc(C(C)OC(=O)c3cnn(-c4ccccn4)c3C)n2)cc1F. The molecule has 4 aromatic rings. The molecule has 30 heavy (non-hydrogen) atoms. The smallest absolute Gasteiger partial charge is 0.342 e. The number of nitrogens with zero attached hydrogens (tertiary/aromatic N) is 5. The Morgan fingerprint density at radius 1 is 1.23 bits per heavy atom. The minimum Gasteiger partial charge on any atom is -0.449 e. The van der Waals surface area contributed by atoms with Crippen molar-refractivity contribution < 1.29 is 18.4 Å². The van der Waals surface area contributed by atoms with Crippen molar-refractivity contribution in [2.24, 2.45) is 0 Å². The van der Waals surface area contributed by atoms with E-state index in [-0.39, 0.29) is 17.5 Å². The monoisotopic (exact) mass is 407 g/mol. The van der Waals surface area contributed by atoms with Gasteiger partial charge in [-0.05, 0) is 44.5 Å². The maximum Gasteiger partial charge on any atom is 0.342 e. The Morgan fingerprint density at radius 2 is 2.07 bits per heavy atom. The average Bonchev–Trinajstić information content (AvgIpc) is 3.38. The largest absolute Gasteiger partial charge is 0.449 e. The van der Waals surface area contributed by atoms with E-state index >= 15 is 0 Å². The molecule has 0 aliphatic rings. The van der Waals surface area contributed by atoms with Crippen LogP contribution in [0.1, 0.15) is 40.5 Å². The number of hydrogen-bond donors (Lipinski definition) is 0. The molecule has 9 heteroatoms. The van der Waals surface area contributed by atoms with Crippen molar-refractivity contribution >= 4 is 5.97 Å². The van der Waals surface area contributed by atoms with Gasteiger partial charge in [-0.2, -0.15) is 10.1 Å². The Hall–Kier alpha value is -3.88. The Labute approximate surface area is 171 Å². The van der Waals surface area contributed by atoms with Gasteiger partial charge in [-0.3, -0.25) is 0 Å². The molecule has 3 heterocycles. The van der Waals surface area contributed by atoms with Gasteiger partial charge in [0.2, 0.25) is 5.82 Å². The summed E-state index contributed by atoms with van der Waals surface area (Å²) in [5.74, 6) is -0.0314. The summed E-state index contributed by atoms with van der Waals surface area (Å²) in [5, 5.41) is 8.06. The Morgan fingerprint density at radius 3 is 2.80 bits per heavy atom. The summed E-state index contributed by atoms with van der Waals surface area (Å²) < 4.78 is 26.0. The van der Waals surface area contributed by atoms with Crippen LogP contribution in [0.3, 0.4) is 0 Å². The van der Waals surface area contributed by atoms with Gasteiger partial charge in [0.15, 0.2) is 11.9 Å². The van der Waals surface area contributed by atoms with Gasteiger partial charge in [0.25, 0.3) is 5.89 Å². The number of halogens is 1. The lowest BCUT2D eigenvalue weighted by molar-refractivity contribution is 0.0264. The summed E-state index contributed by atoms with van der Waals surface area (Å²) in [7, 11) is 0. The van der Waals surface area contributed by atoms with Gasteiger partial charge in [0, 0.05) is 11.8 Å². The van der Waals surface area contributed by atoms with Gasteiger partial charge < -0.3 is 9.26 Å². The Bertz CT molecular complexity index is 1200. The van der Waals surface area contributed by atoms with Crippen LogP contribution >= 0.6 is 0 Å². The van der Waals surface area contributed by atoms with Crippen LogP contribution in [-0.4, -0.2) is 30.9 Å². The number of benzene rings is 1. The van der Waals surface area contributed by atoms with Gasteiger partial charge in [-0.25, -0.2) is 18.9 Å². The van der Waals surface area contributed by atoms with Crippen molar-refractivity contribution in [3.8, 4) is 17.2 Å². The number of hydrogen-bond acceptors (Lipinski definition) is 7. The van der Waals surface area contributed by atoms with Crippen molar-refractivity contribution in [3.05, 3.63) is 77.3 Å². The van der Waals surface area contributed by atoms with Gasteiger partial charge in [-0.15, -0.1) is 0 Å². The minimum atomic E-state index is -0.799. The zero-order valence-electron chi connectivity index (χ0n) is 16.5. The number of aromatic nitrogens is 5. The quantitative estimate of drug-likeness (QED) is 0.462. The first-order valence-corrected chi connectivity index (χ1v) is 9.21. The fourth-order valence-electron chi connectivity index (χ4n) is 2.84. The Kier molecular flexibility index (Phi) is 5.09. The lowest BCUT2D eigenvalue weighted by Gasteiger charge is -2.09. The third kappa shape index (κ3) is 3.69. The standard InChI is InChI=1S/C21H18FN5O3/c1-12-7-8-15(10-17(12)22)19-25-20(30-26-19)14(3)29-21(28)16-11-24-27(13(16)2)18-6-4-5-9-23-18/h4-11,14H,1-3H3. The molecule has 3 aromatic heterocycles. The fraction of sp³-hybridized carbons (Fsp3) is 0.190. The molecule has 0 saturated carbocycles. The number of rotatable bonds is 5. The molecule has 1 aromatic carbocycles. The van der Waals surface area contributed by atoms with Crippen molar-refractivity contribution in [2.75, 3.05) is 0 Å². The van der Waals surface area contributed by atoms with Crippen LogP contribution in [0.2, 0.25) is 0 Å². The van der Waals surface area contributed by atoms with Crippen LogP contribution in [-0.2, 0) is 4.74 Å². The second kappa shape index (κ2) is 7.86. The predicted octanol–water partition coefficient (Wildman–Crippen LogP) is 3.99. The third-order valence-corrected chi connectivity index (χ3v) is 4.60.